The van der Waals surface area contributed by atoms with Gasteiger partial charge in [-0.15, -0.1) is 0 Å². The SMILES string of the molecule is COc1ccc(-c2oc3cc(C)ccc3c(=O)c2OCC(=O)Nc2ccccc2C(F)(F)F)cc1. The molecule has 4 aromatic rings. The zero-order valence-corrected chi connectivity index (χ0v) is 18.7. The van der Waals surface area contributed by atoms with Gasteiger partial charge in [-0.2, -0.15) is 13.2 Å². The largest absolute Gasteiger partial charge is 0.497 e. The molecule has 9 heteroatoms. The Balaban J connectivity index is 1.68. The molecule has 0 atom stereocenters. The highest BCUT2D eigenvalue weighted by Crippen LogP contribution is 2.35. The summed E-state index contributed by atoms with van der Waals surface area (Å²) in [6, 6.07) is 16.3. The molecule has 1 aromatic heterocycles. The van der Waals surface area contributed by atoms with Crippen molar-refractivity contribution in [3.63, 3.8) is 0 Å². The molecular formula is C26H20F3NO5. The van der Waals surface area contributed by atoms with E-state index in [1.54, 1.807) is 42.5 Å². The number of hydrogen-bond donors (Lipinski definition) is 1. The number of para-hydroxylation sites is 1. The van der Waals surface area contributed by atoms with Crippen molar-refractivity contribution in [2.24, 2.45) is 0 Å². The fourth-order valence-corrected chi connectivity index (χ4v) is 3.51. The van der Waals surface area contributed by atoms with Crippen LogP contribution in [0.2, 0.25) is 0 Å². The Morgan fingerprint density at radius 2 is 1.74 bits per heavy atom. The van der Waals surface area contributed by atoms with Crippen molar-refractivity contribution in [2.75, 3.05) is 19.0 Å². The Bertz CT molecular complexity index is 1440. The third kappa shape index (κ3) is 5.13. The molecule has 0 spiro atoms. The summed E-state index contributed by atoms with van der Waals surface area (Å²) in [4.78, 5) is 25.7. The van der Waals surface area contributed by atoms with E-state index in [4.69, 9.17) is 13.9 Å². The third-order valence-corrected chi connectivity index (χ3v) is 5.21. The number of carbonyl (C=O) groups excluding carboxylic acids is 1. The van der Waals surface area contributed by atoms with E-state index in [1.807, 2.05) is 6.92 Å². The number of anilines is 1. The number of rotatable bonds is 6. The molecule has 0 aliphatic carbocycles. The first-order valence-corrected chi connectivity index (χ1v) is 10.5. The number of benzene rings is 3. The third-order valence-electron chi connectivity index (χ3n) is 5.21. The molecule has 1 N–H and O–H groups in total. The van der Waals surface area contributed by atoms with Gasteiger partial charge in [0.25, 0.3) is 5.91 Å². The number of amides is 1. The standard InChI is InChI=1S/C26H20F3NO5/c1-15-7-12-18-21(13-15)35-24(16-8-10-17(33-2)11-9-16)25(23(18)32)34-14-22(31)30-20-6-4-3-5-19(20)26(27,28)29/h3-13H,14H2,1-2H3,(H,30,31). The lowest BCUT2D eigenvalue weighted by atomic mass is 10.1. The first kappa shape index (κ1) is 23.9. The molecule has 0 fully saturated rings. The first-order chi connectivity index (χ1) is 16.7. The summed E-state index contributed by atoms with van der Waals surface area (Å²) in [6.45, 7) is 1.14. The molecule has 4 rings (SSSR count). The molecule has 0 unspecified atom stereocenters. The summed E-state index contributed by atoms with van der Waals surface area (Å²) in [5, 5.41) is 2.43. The monoisotopic (exact) mass is 483 g/mol. The smallest absolute Gasteiger partial charge is 0.418 e. The number of fused-ring (bicyclic) bond motifs is 1. The van der Waals surface area contributed by atoms with Crippen LogP contribution in [0.25, 0.3) is 22.3 Å². The second-order valence-corrected chi connectivity index (χ2v) is 7.70. The fraction of sp³-hybridized carbons (Fsp3) is 0.154. The number of nitrogens with one attached hydrogen (secondary N) is 1. The minimum atomic E-state index is -4.65. The van der Waals surface area contributed by atoms with Crippen LogP contribution in [0.4, 0.5) is 18.9 Å². The summed E-state index contributed by atoms with van der Waals surface area (Å²) < 4.78 is 56.4. The Kier molecular flexibility index (Phi) is 6.50. The summed E-state index contributed by atoms with van der Waals surface area (Å²) in [5.41, 5.74) is -0.225. The molecule has 0 bridgehead atoms. The van der Waals surface area contributed by atoms with E-state index in [-0.39, 0.29) is 16.9 Å². The average Bonchev–Trinajstić information content (AvgIpc) is 2.83. The number of hydrogen-bond acceptors (Lipinski definition) is 5. The molecule has 180 valence electrons. The highest BCUT2D eigenvalue weighted by molar-refractivity contribution is 5.93. The summed E-state index contributed by atoms with van der Waals surface area (Å²) in [7, 11) is 1.51. The lowest BCUT2D eigenvalue weighted by Gasteiger charge is -2.15. The van der Waals surface area contributed by atoms with Gasteiger partial charge in [0, 0.05) is 5.56 Å². The van der Waals surface area contributed by atoms with Gasteiger partial charge in [0.2, 0.25) is 11.2 Å². The maximum absolute atomic E-state index is 13.2. The van der Waals surface area contributed by atoms with Crippen LogP contribution in [0.5, 0.6) is 11.5 Å². The summed E-state index contributed by atoms with van der Waals surface area (Å²) >= 11 is 0. The maximum Gasteiger partial charge on any atom is 0.418 e. The molecule has 1 heterocycles. The molecule has 35 heavy (non-hydrogen) atoms. The maximum atomic E-state index is 13.2. The van der Waals surface area contributed by atoms with Crippen LogP contribution in [0.1, 0.15) is 11.1 Å². The van der Waals surface area contributed by atoms with Gasteiger partial charge in [0.15, 0.2) is 12.4 Å². The van der Waals surface area contributed by atoms with Gasteiger partial charge < -0.3 is 19.2 Å². The van der Waals surface area contributed by atoms with Crippen LogP contribution in [0.15, 0.2) is 75.9 Å². The van der Waals surface area contributed by atoms with E-state index in [0.717, 1.165) is 17.7 Å². The van der Waals surface area contributed by atoms with Gasteiger partial charge in [-0.3, -0.25) is 9.59 Å². The quantitative estimate of drug-likeness (QED) is 0.374. The van der Waals surface area contributed by atoms with Crippen molar-refractivity contribution < 1.29 is 31.9 Å². The fourth-order valence-electron chi connectivity index (χ4n) is 3.51. The second-order valence-electron chi connectivity index (χ2n) is 7.70. The van der Waals surface area contributed by atoms with Crippen LogP contribution in [0.3, 0.4) is 0 Å². The van der Waals surface area contributed by atoms with Crippen LogP contribution in [-0.4, -0.2) is 19.6 Å². The molecular weight excluding hydrogens is 463 g/mol. The number of methoxy groups -OCH3 is 1. The predicted octanol–water partition coefficient (Wildman–Crippen LogP) is 5.81. The zero-order valence-electron chi connectivity index (χ0n) is 18.7. The molecule has 0 radical (unpaired) electrons. The minimum absolute atomic E-state index is 0.0826. The van der Waals surface area contributed by atoms with Crippen LogP contribution in [0, 0.1) is 6.92 Å². The molecule has 1 amide bonds. The molecule has 6 nitrogen and oxygen atoms in total. The van der Waals surface area contributed by atoms with Crippen molar-refractivity contribution in [3.05, 3.63) is 88.1 Å². The van der Waals surface area contributed by atoms with Crippen molar-refractivity contribution in [1.82, 2.24) is 0 Å². The lowest BCUT2D eigenvalue weighted by molar-refractivity contribution is -0.137. The summed E-state index contributed by atoms with van der Waals surface area (Å²) in [6.07, 6.45) is -4.65. The van der Waals surface area contributed by atoms with Gasteiger partial charge >= 0.3 is 6.18 Å². The van der Waals surface area contributed by atoms with Crippen LogP contribution >= 0.6 is 0 Å². The second kappa shape index (κ2) is 9.54. The molecule has 0 aliphatic heterocycles. The van der Waals surface area contributed by atoms with E-state index in [1.165, 1.54) is 19.2 Å². The molecule has 0 saturated carbocycles. The Morgan fingerprint density at radius 1 is 1.03 bits per heavy atom. The Hall–Kier alpha value is -4.27. The van der Waals surface area contributed by atoms with Crippen molar-refractivity contribution in [3.8, 4) is 22.8 Å². The summed E-state index contributed by atoms with van der Waals surface area (Å²) in [5.74, 6) is -0.436. The van der Waals surface area contributed by atoms with Gasteiger partial charge in [-0.25, -0.2) is 0 Å². The van der Waals surface area contributed by atoms with E-state index < -0.39 is 35.4 Å². The lowest BCUT2D eigenvalue weighted by Crippen LogP contribution is -2.24. The minimum Gasteiger partial charge on any atom is -0.497 e. The normalized spacial score (nSPS) is 11.3. The number of aryl methyl sites for hydroxylation is 1. The van der Waals surface area contributed by atoms with Gasteiger partial charge in [0.05, 0.1) is 23.7 Å². The Labute approximate surface area is 197 Å². The van der Waals surface area contributed by atoms with E-state index >= 15 is 0 Å². The van der Waals surface area contributed by atoms with Gasteiger partial charge in [-0.05, 0) is 61.0 Å². The highest BCUT2D eigenvalue weighted by atomic mass is 19.4. The van der Waals surface area contributed by atoms with Crippen LogP contribution in [-0.2, 0) is 11.0 Å². The van der Waals surface area contributed by atoms with Crippen molar-refractivity contribution >= 4 is 22.6 Å². The zero-order chi connectivity index (χ0) is 25.2. The first-order valence-electron chi connectivity index (χ1n) is 10.5. The average molecular weight is 483 g/mol. The van der Waals surface area contributed by atoms with Crippen molar-refractivity contribution in [2.45, 2.75) is 13.1 Å². The van der Waals surface area contributed by atoms with E-state index in [2.05, 4.69) is 5.32 Å². The van der Waals surface area contributed by atoms with Gasteiger partial charge in [0.1, 0.15) is 11.3 Å². The van der Waals surface area contributed by atoms with E-state index in [9.17, 15) is 22.8 Å². The highest BCUT2D eigenvalue weighted by Gasteiger charge is 2.33. The van der Waals surface area contributed by atoms with Crippen molar-refractivity contribution in [1.29, 1.82) is 0 Å². The topological polar surface area (TPSA) is 77.8 Å². The van der Waals surface area contributed by atoms with E-state index in [0.29, 0.717) is 16.9 Å². The number of alkyl halides is 3. The van der Waals surface area contributed by atoms with Crippen LogP contribution < -0.4 is 20.2 Å². The number of carbonyl (C=O) groups is 1. The molecule has 3 aromatic carbocycles. The molecule has 0 saturated heterocycles. The molecule has 0 aliphatic rings. The Morgan fingerprint density at radius 3 is 2.43 bits per heavy atom. The number of ether oxygens (including phenoxy) is 2. The predicted molar refractivity (Wildman–Crippen MR) is 125 cm³/mol. The van der Waals surface area contributed by atoms with Gasteiger partial charge in [-0.1, -0.05) is 18.2 Å². The number of halogens is 3.